The van der Waals surface area contributed by atoms with E-state index in [1.807, 2.05) is 97.9 Å². The fourth-order valence-electron chi connectivity index (χ4n) is 3.35. The second-order valence-corrected chi connectivity index (χ2v) is 6.88. The van der Waals surface area contributed by atoms with Gasteiger partial charge in [0.2, 0.25) is 11.8 Å². The molecule has 3 aromatic carbocycles. The fourth-order valence-corrected chi connectivity index (χ4v) is 3.35. The molecule has 0 radical (unpaired) electrons. The number of rotatable bonds is 8. The van der Waals surface area contributed by atoms with Gasteiger partial charge in [-0.3, -0.25) is 9.59 Å². The molecule has 0 aliphatic rings. The Balaban J connectivity index is 1.97. The van der Waals surface area contributed by atoms with Crippen molar-refractivity contribution in [2.24, 2.45) is 0 Å². The zero-order chi connectivity index (χ0) is 20.5. The normalized spacial score (nSPS) is 11.5. The highest BCUT2D eigenvalue weighted by Crippen LogP contribution is 2.25. The number of benzene rings is 3. The van der Waals surface area contributed by atoms with Crippen molar-refractivity contribution in [3.63, 3.8) is 0 Å². The highest BCUT2D eigenvalue weighted by molar-refractivity contribution is 5.89. The molecule has 2 amide bonds. The van der Waals surface area contributed by atoms with Gasteiger partial charge in [0.25, 0.3) is 0 Å². The molecule has 29 heavy (non-hydrogen) atoms. The molecular formula is C25H26N2O2. The van der Waals surface area contributed by atoms with Gasteiger partial charge in [0.1, 0.15) is 6.04 Å². The van der Waals surface area contributed by atoms with E-state index in [2.05, 4.69) is 5.32 Å². The van der Waals surface area contributed by atoms with E-state index < -0.39 is 6.04 Å². The molecule has 0 spiro atoms. The van der Waals surface area contributed by atoms with Crippen LogP contribution in [0.25, 0.3) is 0 Å². The number of likely N-dealkylation sites (N-methyl/N-ethyl adjacent to an activating group) is 1. The highest BCUT2D eigenvalue weighted by Gasteiger charge is 2.31. The minimum atomic E-state index is -0.687. The van der Waals surface area contributed by atoms with Gasteiger partial charge in [-0.1, -0.05) is 91.0 Å². The van der Waals surface area contributed by atoms with Crippen molar-refractivity contribution in [1.82, 2.24) is 10.2 Å². The number of hydrogen-bond acceptors (Lipinski definition) is 2. The van der Waals surface area contributed by atoms with Crippen molar-refractivity contribution in [2.75, 3.05) is 6.54 Å². The van der Waals surface area contributed by atoms with E-state index in [-0.39, 0.29) is 18.2 Å². The van der Waals surface area contributed by atoms with Crippen LogP contribution >= 0.6 is 0 Å². The molecule has 0 unspecified atom stereocenters. The first-order valence-electron chi connectivity index (χ1n) is 9.89. The van der Waals surface area contributed by atoms with Crippen molar-refractivity contribution < 1.29 is 9.59 Å². The van der Waals surface area contributed by atoms with E-state index >= 15 is 0 Å². The third-order valence-electron chi connectivity index (χ3n) is 4.74. The van der Waals surface area contributed by atoms with Gasteiger partial charge < -0.3 is 10.2 Å². The zero-order valence-electron chi connectivity index (χ0n) is 16.6. The summed E-state index contributed by atoms with van der Waals surface area (Å²) in [5.41, 5.74) is 2.72. The molecule has 148 valence electrons. The molecule has 0 aliphatic carbocycles. The number of nitrogens with one attached hydrogen (secondary N) is 1. The SMILES string of the molecule is CCNC(=O)[C@H](c1ccccc1)N(Cc1ccccc1)C(=O)Cc1ccccc1. The first-order valence-corrected chi connectivity index (χ1v) is 9.89. The van der Waals surface area contributed by atoms with Crippen LogP contribution in [0.3, 0.4) is 0 Å². The Morgan fingerprint density at radius 1 is 0.793 bits per heavy atom. The summed E-state index contributed by atoms with van der Waals surface area (Å²) in [6.45, 7) is 2.75. The molecule has 4 heteroatoms. The lowest BCUT2D eigenvalue weighted by atomic mass is 10.0. The monoisotopic (exact) mass is 386 g/mol. The third kappa shape index (κ3) is 5.55. The Morgan fingerprint density at radius 2 is 1.31 bits per heavy atom. The minimum absolute atomic E-state index is 0.0832. The van der Waals surface area contributed by atoms with Crippen LogP contribution < -0.4 is 5.32 Å². The first-order chi connectivity index (χ1) is 14.2. The lowest BCUT2D eigenvalue weighted by Gasteiger charge is -2.31. The minimum Gasteiger partial charge on any atom is -0.354 e. The number of hydrogen-bond donors (Lipinski definition) is 1. The van der Waals surface area contributed by atoms with Crippen molar-refractivity contribution in [2.45, 2.75) is 25.9 Å². The third-order valence-corrected chi connectivity index (χ3v) is 4.74. The van der Waals surface area contributed by atoms with Crippen molar-refractivity contribution >= 4 is 11.8 Å². The molecule has 3 aromatic rings. The zero-order valence-corrected chi connectivity index (χ0v) is 16.6. The van der Waals surface area contributed by atoms with Crippen LogP contribution in [0.15, 0.2) is 91.0 Å². The summed E-state index contributed by atoms with van der Waals surface area (Å²) in [7, 11) is 0. The first kappa shape index (κ1) is 20.3. The second-order valence-electron chi connectivity index (χ2n) is 6.88. The molecule has 0 saturated carbocycles. The Hall–Kier alpha value is -3.40. The van der Waals surface area contributed by atoms with Gasteiger partial charge in [-0.15, -0.1) is 0 Å². The number of carbonyl (C=O) groups is 2. The fraction of sp³-hybridized carbons (Fsp3) is 0.200. The molecule has 0 aromatic heterocycles. The molecule has 3 rings (SSSR count). The topological polar surface area (TPSA) is 49.4 Å². The maximum atomic E-state index is 13.4. The van der Waals surface area contributed by atoms with Crippen LogP contribution in [0.2, 0.25) is 0 Å². The Labute approximate surface area is 172 Å². The summed E-state index contributed by atoms with van der Waals surface area (Å²) in [5, 5.41) is 2.90. The average Bonchev–Trinajstić information content (AvgIpc) is 2.76. The van der Waals surface area contributed by atoms with Crippen molar-refractivity contribution in [3.05, 3.63) is 108 Å². The second kappa shape index (κ2) is 10.2. The van der Waals surface area contributed by atoms with Gasteiger partial charge in [-0.2, -0.15) is 0 Å². The summed E-state index contributed by atoms with van der Waals surface area (Å²) in [6.07, 6.45) is 0.246. The van der Waals surface area contributed by atoms with Crippen LogP contribution in [0, 0.1) is 0 Å². The number of amides is 2. The molecule has 0 saturated heterocycles. The van der Waals surface area contributed by atoms with Gasteiger partial charge in [-0.05, 0) is 23.6 Å². The average molecular weight is 386 g/mol. The summed E-state index contributed by atoms with van der Waals surface area (Å²) in [4.78, 5) is 28.1. The van der Waals surface area contributed by atoms with Gasteiger partial charge in [-0.25, -0.2) is 0 Å². The standard InChI is InChI=1S/C25H26N2O2/c1-2-26-25(29)24(22-16-10-5-11-17-22)27(19-21-14-8-4-9-15-21)23(28)18-20-12-6-3-7-13-20/h3-17,24H,2,18-19H2,1H3,(H,26,29)/t24-/m0/s1. The van der Waals surface area contributed by atoms with Crippen LogP contribution in [-0.2, 0) is 22.6 Å². The maximum absolute atomic E-state index is 13.4. The Kier molecular flexibility index (Phi) is 7.17. The molecule has 0 bridgehead atoms. The van der Waals surface area contributed by atoms with Crippen molar-refractivity contribution in [1.29, 1.82) is 0 Å². The smallest absolute Gasteiger partial charge is 0.247 e. The molecule has 0 fully saturated rings. The van der Waals surface area contributed by atoms with E-state index in [1.54, 1.807) is 4.90 Å². The predicted octanol–water partition coefficient (Wildman–Crippen LogP) is 4.14. The summed E-state index contributed by atoms with van der Waals surface area (Å²) < 4.78 is 0. The lowest BCUT2D eigenvalue weighted by molar-refractivity contribution is -0.141. The Bertz CT molecular complexity index is 911. The van der Waals surface area contributed by atoms with E-state index in [1.165, 1.54) is 0 Å². The van der Waals surface area contributed by atoms with E-state index in [4.69, 9.17) is 0 Å². The van der Waals surface area contributed by atoms with Gasteiger partial charge in [0.05, 0.1) is 6.42 Å². The van der Waals surface area contributed by atoms with E-state index in [9.17, 15) is 9.59 Å². The molecule has 1 atom stereocenters. The maximum Gasteiger partial charge on any atom is 0.247 e. The Morgan fingerprint density at radius 3 is 1.86 bits per heavy atom. The molecule has 1 N–H and O–H groups in total. The number of carbonyl (C=O) groups excluding carboxylic acids is 2. The van der Waals surface area contributed by atoms with Gasteiger partial charge in [0.15, 0.2) is 0 Å². The van der Waals surface area contributed by atoms with Crippen LogP contribution in [-0.4, -0.2) is 23.3 Å². The molecular weight excluding hydrogens is 360 g/mol. The number of nitrogens with zero attached hydrogens (tertiary/aromatic N) is 1. The largest absolute Gasteiger partial charge is 0.354 e. The predicted molar refractivity (Wildman–Crippen MR) is 115 cm³/mol. The quantitative estimate of drug-likeness (QED) is 0.633. The van der Waals surface area contributed by atoms with Crippen LogP contribution in [0.5, 0.6) is 0 Å². The van der Waals surface area contributed by atoms with Crippen LogP contribution in [0.4, 0.5) is 0 Å². The highest BCUT2D eigenvalue weighted by atomic mass is 16.2. The molecule has 0 aliphatic heterocycles. The van der Waals surface area contributed by atoms with Gasteiger partial charge >= 0.3 is 0 Å². The van der Waals surface area contributed by atoms with Crippen molar-refractivity contribution in [3.8, 4) is 0 Å². The summed E-state index contributed by atoms with van der Waals surface area (Å²) in [5.74, 6) is -0.254. The molecule has 4 nitrogen and oxygen atoms in total. The summed E-state index contributed by atoms with van der Waals surface area (Å²) in [6, 6.07) is 28.2. The lowest BCUT2D eigenvalue weighted by Crippen LogP contribution is -2.44. The summed E-state index contributed by atoms with van der Waals surface area (Å²) >= 11 is 0. The molecule has 0 heterocycles. The van der Waals surface area contributed by atoms with E-state index in [0.717, 1.165) is 16.7 Å². The van der Waals surface area contributed by atoms with Crippen LogP contribution in [0.1, 0.15) is 29.7 Å². The van der Waals surface area contributed by atoms with Gasteiger partial charge in [0, 0.05) is 13.1 Å². The van der Waals surface area contributed by atoms with E-state index in [0.29, 0.717) is 13.1 Å².